The summed E-state index contributed by atoms with van der Waals surface area (Å²) in [7, 11) is 0. The van der Waals surface area contributed by atoms with E-state index in [1.165, 1.54) is 64.2 Å². The lowest BCUT2D eigenvalue weighted by atomic mass is 9.87. The summed E-state index contributed by atoms with van der Waals surface area (Å²) in [6, 6.07) is -0.0751. The minimum atomic E-state index is -1.35. The molecule has 1 fully saturated rings. The third-order valence-electron chi connectivity index (χ3n) is 7.84. The average molecular weight is 566 g/mol. The van der Waals surface area contributed by atoms with Gasteiger partial charge in [0.05, 0.1) is 6.61 Å². The fourth-order valence-electron chi connectivity index (χ4n) is 4.96. The van der Waals surface area contributed by atoms with Crippen molar-refractivity contribution in [3.05, 3.63) is 12.2 Å². The number of carbonyl (C=O) groups excluding carboxylic acids is 3. The highest BCUT2D eigenvalue weighted by Crippen LogP contribution is 2.19. The maximum absolute atomic E-state index is 12.7. The van der Waals surface area contributed by atoms with Gasteiger partial charge in [-0.1, -0.05) is 84.3 Å². The van der Waals surface area contributed by atoms with Crippen molar-refractivity contribution in [1.82, 2.24) is 15.5 Å². The van der Waals surface area contributed by atoms with E-state index in [1.807, 2.05) is 4.90 Å². The SMILES string of the molecule is CCCCCCCC/C=C\CCCCCCCC(=O)N1CCCC(NC(=O)CCNC(=O)C(O)C(C)(C)CO)C1. The molecule has 4 N–H and O–H groups in total. The Balaban J connectivity index is 2.10. The van der Waals surface area contributed by atoms with Crippen molar-refractivity contribution in [2.75, 3.05) is 26.2 Å². The van der Waals surface area contributed by atoms with Crippen molar-refractivity contribution in [2.45, 2.75) is 142 Å². The van der Waals surface area contributed by atoms with E-state index in [-0.39, 0.29) is 37.4 Å². The van der Waals surface area contributed by atoms with Crippen LogP contribution in [0.4, 0.5) is 0 Å². The number of nitrogens with zero attached hydrogens (tertiary/aromatic N) is 1. The van der Waals surface area contributed by atoms with Crippen molar-refractivity contribution in [2.24, 2.45) is 5.41 Å². The molecule has 0 spiro atoms. The molecule has 0 saturated carbocycles. The van der Waals surface area contributed by atoms with Gasteiger partial charge in [-0.3, -0.25) is 14.4 Å². The number of hydrogen-bond acceptors (Lipinski definition) is 5. The molecule has 1 aliphatic rings. The van der Waals surface area contributed by atoms with Gasteiger partial charge in [-0.15, -0.1) is 0 Å². The summed E-state index contributed by atoms with van der Waals surface area (Å²) in [6.07, 6.45) is 21.8. The number of hydrogen-bond donors (Lipinski definition) is 4. The number of aliphatic hydroxyl groups is 2. The lowest BCUT2D eigenvalue weighted by Gasteiger charge is -2.33. The predicted molar refractivity (Wildman–Crippen MR) is 162 cm³/mol. The van der Waals surface area contributed by atoms with Crippen LogP contribution >= 0.6 is 0 Å². The second kappa shape index (κ2) is 21.8. The van der Waals surface area contributed by atoms with Crippen molar-refractivity contribution in [3.8, 4) is 0 Å². The Labute approximate surface area is 243 Å². The second-order valence-corrected chi connectivity index (χ2v) is 12.2. The van der Waals surface area contributed by atoms with Gasteiger partial charge >= 0.3 is 0 Å². The van der Waals surface area contributed by atoms with E-state index >= 15 is 0 Å². The predicted octanol–water partition coefficient (Wildman–Crippen LogP) is 5.02. The molecule has 0 aliphatic carbocycles. The monoisotopic (exact) mass is 565 g/mol. The van der Waals surface area contributed by atoms with Gasteiger partial charge in [-0.2, -0.15) is 0 Å². The minimum Gasteiger partial charge on any atom is -0.396 e. The molecule has 1 rings (SSSR count). The highest BCUT2D eigenvalue weighted by atomic mass is 16.3. The topological polar surface area (TPSA) is 119 Å². The lowest BCUT2D eigenvalue weighted by Crippen LogP contribution is -2.50. The largest absolute Gasteiger partial charge is 0.396 e. The third kappa shape index (κ3) is 16.4. The van der Waals surface area contributed by atoms with Gasteiger partial charge in [0.15, 0.2) is 0 Å². The summed E-state index contributed by atoms with van der Waals surface area (Å²) in [4.78, 5) is 39.0. The molecule has 2 unspecified atom stereocenters. The smallest absolute Gasteiger partial charge is 0.249 e. The highest BCUT2D eigenvalue weighted by Gasteiger charge is 2.32. The Morgan fingerprint density at radius 2 is 1.52 bits per heavy atom. The highest BCUT2D eigenvalue weighted by molar-refractivity contribution is 5.82. The Hall–Kier alpha value is -1.93. The van der Waals surface area contributed by atoms with E-state index < -0.39 is 17.4 Å². The van der Waals surface area contributed by atoms with Crippen LogP contribution in [0.2, 0.25) is 0 Å². The van der Waals surface area contributed by atoms with Gasteiger partial charge in [0.25, 0.3) is 0 Å². The fraction of sp³-hybridized carbons (Fsp3) is 0.844. The quantitative estimate of drug-likeness (QED) is 0.109. The summed E-state index contributed by atoms with van der Waals surface area (Å²) in [5.41, 5.74) is -0.950. The van der Waals surface area contributed by atoms with Gasteiger partial charge in [0.2, 0.25) is 17.7 Å². The first-order valence-electron chi connectivity index (χ1n) is 16.0. The number of carbonyl (C=O) groups is 3. The number of allylic oxidation sites excluding steroid dienone is 2. The third-order valence-corrected chi connectivity index (χ3v) is 7.84. The molecule has 3 amide bonds. The van der Waals surface area contributed by atoms with Crippen LogP contribution in [0.5, 0.6) is 0 Å². The maximum Gasteiger partial charge on any atom is 0.249 e. The van der Waals surface area contributed by atoms with Crippen molar-refractivity contribution in [3.63, 3.8) is 0 Å². The molecule has 0 aromatic rings. The van der Waals surface area contributed by atoms with Crippen molar-refractivity contribution in [1.29, 1.82) is 0 Å². The number of nitrogens with one attached hydrogen (secondary N) is 2. The van der Waals surface area contributed by atoms with Gasteiger partial charge in [-0.25, -0.2) is 0 Å². The zero-order valence-electron chi connectivity index (χ0n) is 25.7. The van der Waals surface area contributed by atoms with Gasteiger partial charge in [-0.05, 0) is 44.9 Å². The molecule has 1 heterocycles. The van der Waals surface area contributed by atoms with Crippen molar-refractivity contribution >= 4 is 17.7 Å². The molecule has 8 heteroatoms. The molecule has 40 heavy (non-hydrogen) atoms. The normalized spacial score (nSPS) is 16.7. The first-order valence-corrected chi connectivity index (χ1v) is 16.0. The standard InChI is InChI=1S/C32H59N3O5/c1-4-5-6-7-8-9-10-11-12-13-14-15-16-17-18-21-29(38)35-24-19-20-27(25-35)34-28(37)22-23-33-31(40)30(39)32(2,3)26-36/h11-12,27,30,36,39H,4-10,13-26H2,1-3H3,(H,33,40)(H,34,37)/b12-11-. The Bertz CT molecular complexity index is 740. The van der Waals surface area contributed by atoms with Crippen LogP contribution in [0, 0.1) is 5.41 Å². The molecule has 0 aromatic heterocycles. The zero-order valence-corrected chi connectivity index (χ0v) is 25.7. The van der Waals surface area contributed by atoms with Crippen LogP contribution in [0.3, 0.4) is 0 Å². The van der Waals surface area contributed by atoms with Crippen LogP contribution in [-0.4, -0.2) is 71.2 Å². The van der Waals surface area contributed by atoms with E-state index in [0.29, 0.717) is 13.0 Å². The summed E-state index contributed by atoms with van der Waals surface area (Å²) in [5.74, 6) is -0.617. The van der Waals surface area contributed by atoms with Crippen LogP contribution in [-0.2, 0) is 14.4 Å². The average Bonchev–Trinajstić information content (AvgIpc) is 2.94. The first-order chi connectivity index (χ1) is 19.2. The minimum absolute atomic E-state index is 0.0751. The summed E-state index contributed by atoms with van der Waals surface area (Å²) in [5, 5.41) is 24.8. The molecule has 0 aromatic carbocycles. The van der Waals surface area contributed by atoms with E-state index in [4.69, 9.17) is 0 Å². The number of likely N-dealkylation sites (tertiary alicyclic amines) is 1. The van der Waals surface area contributed by atoms with E-state index in [1.54, 1.807) is 13.8 Å². The molecule has 0 bridgehead atoms. The van der Waals surface area contributed by atoms with Crippen LogP contribution in [0.1, 0.15) is 130 Å². The van der Waals surface area contributed by atoms with Gasteiger partial charge < -0.3 is 25.7 Å². The number of amides is 3. The van der Waals surface area contributed by atoms with E-state index in [2.05, 4.69) is 29.7 Å². The fourth-order valence-corrected chi connectivity index (χ4v) is 4.96. The first kappa shape index (κ1) is 36.1. The second-order valence-electron chi connectivity index (χ2n) is 12.2. The zero-order chi connectivity index (χ0) is 29.6. The molecule has 2 atom stereocenters. The lowest BCUT2D eigenvalue weighted by molar-refractivity contribution is -0.137. The van der Waals surface area contributed by atoms with Gasteiger partial charge in [0, 0.05) is 43.9 Å². The Kier molecular flexibility index (Phi) is 19.6. The Morgan fingerprint density at radius 1 is 0.925 bits per heavy atom. The number of piperidine rings is 1. The van der Waals surface area contributed by atoms with E-state index in [0.717, 1.165) is 38.6 Å². The molecule has 232 valence electrons. The molecule has 1 saturated heterocycles. The van der Waals surface area contributed by atoms with Crippen LogP contribution < -0.4 is 10.6 Å². The van der Waals surface area contributed by atoms with Crippen LogP contribution in [0.25, 0.3) is 0 Å². The molecule has 8 nitrogen and oxygen atoms in total. The number of rotatable bonds is 22. The van der Waals surface area contributed by atoms with Gasteiger partial charge in [0.1, 0.15) is 6.10 Å². The molecular weight excluding hydrogens is 506 g/mol. The summed E-state index contributed by atoms with van der Waals surface area (Å²) in [6.45, 7) is 6.50. The molecular formula is C32H59N3O5. The summed E-state index contributed by atoms with van der Waals surface area (Å²) < 4.78 is 0. The molecule has 1 aliphatic heterocycles. The molecule has 0 radical (unpaired) electrons. The Morgan fingerprint density at radius 3 is 2.15 bits per heavy atom. The maximum atomic E-state index is 12.7. The number of aliphatic hydroxyl groups excluding tert-OH is 2. The van der Waals surface area contributed by atoms with E-state index in [9.17, 15) is 24.6 Å². The van der Waals surface area contributed by atoms with Crippen molar-refractivity contribution < 1.29 is 24.6 Å². The summed E-state index contributed by atoms with van der Waals surface area (Å²) >= 11 is 0. The van der Waals surface area contributed by atoms with Crippen LogP contribution in [0.15, 0.2) is 12.2 Å². The number of unbranched alkanes of at least 4 members (excludes halogenated alkanes) is 11.